The van der Waals surface area contributed by atoms with Crippen molar-refractivity contribution in [3.8, 4) is 0 Å². The largest absolute Gasteiger partial charge is 0.478 e. The third-order valence-electron chi connectivity index (χ3n) is 4.41. The minimum atomic E-state index is -1.24. The Labute approximate surface area is 120 Å². The van der Waals surface area contributed by atoms with Crippen molar-refractivity contribution >= 4 is 23.3 Å². The van der Waals surface area contributed by atoms with Gasteiger partial charge in [-0.15, -0.1) is 0 Å². The highest BCUT2D eigenvalue weighted by Gasteiger charge is 2.56. The molecule has 2 aliphatic rings. The predicted molar refractivity (Wildman–Crippen MR) is 73.0 cm³/mol. The summed E-state index contributed by atoms with van der Waals surface area (Å²) in [4.78, 5) is 33.3. The first-order valence-corrected chi connectivity index (χ1v) is 6.81. The van der Waals surface area contributed by atoms with Crippen molar-refractivity contribution in [2.45, 2.75) is 19.3 Å². The Balaban J connectivity index is 1.80. The van der Waals surface area contributed by atoms with Gasteiger partial charge < -0.3 is 10.4 Å². The number of carboxylic acids is 1. The lowest BCUT2D eigenvalue weighted by Gasteiger charge is -2.08. The molecule has 3 rings (SSSR count). The van der Waals surface area contributed by atoms with Crippen LogP contribution in [0.1, 0.15) is 29.6 Å². The van der Waals surface area contributed by atoms with Crippen LogP contribution in [0.25, 0.3) is 0 Å². The number of benzene rings is 1. The van der Waals surface area contributed by atoms with Crippen molar-refractivity contribution < 1.29 is 19.6 Å². The monoisotopic (exact) mass is 290 g/mol. The van der Waals surface area contributed by atoms with E-state index in [1.807, 2.05) is 0 Å². The summed E-state index contributed by atoms with van der Waals surface area (Å²) in [5.74, 6) is -0.647. The van der Waals surface area contributed by atoms with E-state index in [0.717, 1.165) is 25.3 Å². The lowest BCUT2D eigenvalue weighted by atomic mass is 10.1. The Hall–Kier alpha value is -2.44. The van der Waals surface area contributed by atoms with Gasteiger partial charge in [-0.1, -0.05) is 6.42 Å². The van der Waals surface area contributed by atoms with Crippen molar-refractivity contribution in [1.29, 1.82) is 0 Å². The van der Waals surface area contributed by atoms with Crippen LogP contribution < -0.4 is 5.32 Å². The molecule has 2 N–H and O–H groups in total. The second-order valence-corrected chi connectivity index (χ2v) is 5.57. The van der Waals surface area contributed by atoms with Crippen LogP contribution in [0.3, 0.4) is 0 Å². The summed E-state index contributed by atoms with van der Waals surface area (Å²) in [6.45, 7) is 0. The van der Waals surface area contributed by atoms with E-state index in [1.54, 1.807) is 0 Å². The number of aromatic carboxylic acids is 1. The maximum Gasteiger partial charge on any atom is 0.335 e. The first kappa shape index (κ1) is 13.5. The average molecular weight is 290 g/mol. The van der Waals surface area contributed by atoms with Gasteiger partial charge >= 0.3 is 5.97 Å². The molecule has 2 saturated carbocycles. The molecule has 0 spiro atoms. The molecule has 1 aromatic carbocycles. The fraction of sp³-hybridized carbons (Fsp3) is 0.429. The summed E-state index contributed by atoms with van der Waals surface area (Å²) in [5, 5.41) is 22.5. The maximum atomic E-state index is 12.1. The molecule has 2 atom stereocenters. The van der Waals surface area contributed by atoms with E-state index in [2.05, 4.69) is 5.32 Å². The Morgan fingerprint density at radius 3 is 2.52 bits per heavy atom. The standard InChI is InChI=1S/C14H14N2O5/c17-13(12-8-2-1-3-9(8)12)15-10-5-4-7(14(18)19)6-11(10)16(20)21/h4-6,8-9,12H,1-3H2,(H,15,17)(H,18,19). The number of hydrogen-bond donors (Lipinski definition) is 2. The molecule has 0 saturated heterocycles. The normalized spacial score (nSPS) is 26.0. The number of rotatable bonds is 4. The molecule has 2 aliphatic carbocycles. The molecule has 0 heterocycles. The van der Waals surface area contributed by atoms with E-state index in [0.29, 0.717) is 11.8 Å². The van der Waals surface area contributed by atoms with Crippen LogP contribution in [-0.4, -0.2) is 21.9 Å². The quantitative estimate of drug-likeness (QED) is 0.653. The van der Waals surface area contributed by atoms with E-state index in [4.69, 9.17) is 5.11 Å². The highest BCUT2D eigenvalue weighted by Crippen LogP contribution is 2.57. The second-order valence-electron chi connectivity index (χ2n) is 5.57. The van der Waals surface area contributed by atoms with Gasteiger partial charge in [-0.05, 0) is 36.8 Å². The molecular weight excluding hydrogens is 276 g/mol. The molecule has 1 aromatic rings. The van der Waals surface area contributed by atoms with Crippen LogP contribution in [0.4, 0.5) is 11.4 Å². The number of nitrogens with one attached hydrogen (secondary N) is 1. The topological polar surface area (TPSA) is 110 Å². The highest BCUT2D eigenvalue weighted by atomic mass is 16.6. The Kier molecular flexibility index (Phi) is 3.12. The van der Waals surface area contributed by atoms with Crippen LogP contribution in [0, 0.1) is 27.9 Å². The summed E-state index contributed by atoms with van der Waals surface area (Å²) >= 11 is 0. The Bertz CT molecular complexity index is 632. The average Bonchev–Trinajstić information content (AvgIpc) is 2.92. The maximum absolute atomic E-state index is 12.1. The number of amides is 1. The summed E-state index contributed by atoms with van der Waals surface area (Å²) in [6, 6.07) is 3.49. The van der Waals surface area contributed by atoms with Gasteiger partial charge in [0.2, 0.25) is 5.91 Å². The molecule has 0 aromatic heterocycles. The van der Waals surface area contributed by atoms with Crippen LogP contribution in [-0.2, 0) is 4.79 Å². The molecular formula is C14H14N2O5. The molecule has 2 fully saturated rings. The fourth-order valence-corrected chi connectivity index (χ4v) is 3.35. The smallest absolute Gasteiger partial charge is 0.335 e. The molecule has 21 heavy (non-hydrogen) atoms. The van der Waals surface area contributed by atoms with E-state index in [1.165, 1.54) is 12.1 Å². The minimum Gasteiger partial charge on any atom is -0.478 e. The first-order chi connectivity index (χ1) is 9.99. The number of carbonyl (C=O) groups is 2. The summed E-state index contributed by atoms with van der Waals surface area (Å²) in [5.41, 5.74) is -0.517. The third-order valence-corrected chi connectivity index (χ3v) is 4.41. The predicted octanol–water partition coefficient (Wildman–Crippen LogP) is 2.28. The first-order valence-electron chi connectivity index (χ1n) is 6.81. The third kappa shape index (κ3) is 2.35. The number of nitrogens with zero attached hydrogens (tertiary/aromatic N) is 1. The SMILES string of the molecule is O=C(O)c1ccc(NC(=O)C2C3CCCC32)c([N+](=O)[O-])c1. The second kappa shape index (κ2) is 4.83. The molecule has 0 radical (unpaired) electrons. The number of nitro groups is 1. The van der Waals surface area contributed by atoms with Gasteiger partial charge in [0.25, 0.3) is 5.69 Å². The number of carboxylic acid groups (broad SMARTS) is 1. The van der Waals surface area contributed by atoms with Gasteiger partial charge in [0.1, 0.15) is 5.69 Å². The van der Waals surface area contributed by atoms with Gasteiger partial charge in [0.05, 0.1) is 10.5 Å². The number of nitro benzene ring substituents is 1. The van der Waals surface area contributed by atoms with E-state index in [9.17, 15) is 19.7 Å². The molecule has 7 heteroatoms. The van der Waals surface area contributed by atoms with Crippen LogP contribution in [0.2, 0.25) is 0 Å². The fourth-order valence-electron chi connectivity index (χ4n) is 3.35. The number of carbonyl (C=O) groups excluding carboxylic acids is 1. The van der Waals surface area contributed by atoms with Crippen molar-refractivity contribution in [3.05, 3.63) is 33.9 Å². The van der Waals surface area contributed by atoms with Gasteiger partial charge in [-0.25, -0.2) is 4.79 Å². The minimum absolute atomic E-state index is 0.0440. The summed E-state index contributed by atoms with van der Waals surface area (Å²) in [6.07, 6.45) is 3.23. The molecule has 110 valence electrons. The van der Waals surface area contributed by atoms with Crippen LogP contribution >= 0.6 is 0 Å². The zero-order valence-corrected chi connectivity index (χ0v) is 11.1. The highest BCUT2D eigenvalue weighted by molar-refractivity contribution is 5.98. The van der Waals surface area contributed by atoms with Crippen LogP contribution in [0.15, 0.2) is 18.2 Å². The zero-order chi connectivity index (χ0) is 15.1. The molecule has 0 bridgehead atoms. The van der Waals surface area contributed by atoms with E-state index < -0.39 is 16.6 Å². The lowest BCUT2D eigenvalue weighted by molar-refractivity contribution is -0.384. The van der Waals surface area contributed by atoms with Gasteiger partial charge in [-0.3, -0.25) is 14.9 Å². The lowest BCUT2D eigenvalue weighted by Crippen LogP contribution is -2.17. The van der Waals surface area contributed by atoms with Crippen molar-refractivity contribution in [1.82, 2.24) is 0 Å². The Morgan fingerprint density at radius 1 is 1.29 bits per heavy atom. The van der Waals surface area contributed by atoms with Gasteiger partial charge in [0, 0.05) is 12.0 Å². The number of anilines is 1. The summed E-state index contributed by atoms with van der Waals surface area (Å²) in [7, 11) is 0. The van der Waals surface area contributed by atoms with E-state index in [-0.39, 0.29) is 23.1 Å². The van der Waals surface area contributed by atoms with Gasteiger partial charge in [0.15, 0.2) is 0 Å². The number of fused-ring (bicyclic) bond motifs is 1. The molecule has 0 aliphatic heterocycles. The molecule has 1 amide bonds. The van der Waals surface area contributed by atoms with Crippen molar-refractivity contribution in [2.75, 3.05) is 5.32 Å². The molecule has 7 nitrogen and oxygen atoms in total. The van der Waals surface area contributed by atoms with Crippen molar-refractivity contribution in [3.63, 3.8) is 0 Å². The van der Waals surface area contributed by atoms with Crippen molar-refractivity contribution in [2.24, 2.45) is 17.8 Å². The Morgan fingerprint density at radius 2 is 1.95 bits per heavy atom. The van der Waals surface area contributed by atoms with Crippen LogP contribution in [0.5, 0.6) is 0 Å². The van der Waals surface area contributed by atoms with Gasteiger partial charge in [-0.2, -0.15) is 0 Å². The van der Waals surface area contributed by atoms with E-state index >= 15 is 0 Å². The zero-order valence-electron chi connectivity index (χ0n) is 11.1. The number of hydrogen-bond acceptors (Lipinski definition) is 4. The molecule has 2 unspecified atom stereocenters. The summed E-state index contributed by atoms with van der Waals surface area (Å²) < 4.78 is 0.